The average Bonchev–Trinajstić information content (AvgIpc) is 2.97. The average molecular weight is 387 g/mol. The number of esters is 1. The van der Waals surface area contributed by atoms with Crippen molar-refractivity contribution in [1.29, 1.82) is 0 Å². The first-order valence-electron chi connectivity index (χ1n) is 8.94. The van der Waals surface area contributed by atoms with E-state index in [9.17, 15) is 14.4 Å². The number of amides is 1. The molecule has 28 heavy (non-hydrogen) atoms. The third kappa shape index (κ3) is 5.04. The van der Waals surface area contributed by atoms with E-state index in [-0.39, 0.29) is 43.7 Å². The molecular weight excluding hydrogens is 362 g/mol. The molecular formula is C20H25N3O5. The van der Waals surface area contributed by atoms with Gasteiger partial charge >= 0.3 is 5.97 Å². The van der Waals surface area contributed by atoms with Gasteiger partial charge in [0.25, 0.3) is 0 Å². The van der Waals surface area contributed by atoms with Crippen LogP contribution < -0.4 is 0 Å². The molecule has 8 heteroatoms. The zero-order valence-corrected chi connectivity index (χ0v) is 16.6. The SMILES string of the molecule is CCOC(=O)c1[nH]c(C)c(C(=O)CN(Cc2cccnc2)C(=O)COC)c1C. The van der Waals surface area contributed by atoms with E-state index >= 15 is 0 Å². The van der Waals surface area contributed by atoms with Crippen molar-refractivity contribution < 1.29 is 23.9 Å². The molecule has 0 aliphatic heterocycles. The second kappa shape index (κ2) is 9.80. The van der Waals surface area contributed by atoms with Gasteiger partial charge in [-0.3, -0.25) is 14.6 Å². The molecule has 2 aromatic heterocycles. The van der Waals surface area contributed by atoms with Crippen LogP contribution >= 0.6 is 0 Å². The minimum atomic E-state index is -0.509. The number of ether oxygens (including phenoxy) is 2. The highest BCUT2D eigenvalue weighted by Crippen LogP contribution is 2.20. The fourth-order valence-corrected chi connectivity index (χ4v) is 2.99. The zero-order valence-electron chi connectivity index (χ0n) is 16.6. The van der Waals surface area contributed by atoms with Gasteiger partial charge in [0, 0.05) is 37.3 Å². The van der Waals surface area contributed by atoms with Crippen LogP contribution in [-0.4, -0.2) is 59.4 Å². The van der Waals surface area contributed by atoms with E-state index in [1.54, 1.807) is 39.2 Å². The Kier molecular flexibility index (Phi) is 7.45. The predicted molar refractivity (Wildman–Crippen MR) is 102 cm³/mol. The highest BCUT2D eigenvalue weighted by Gasteiger charge is 2.25. The van der Waals surface area contributed by atoms with Gasteiger partial charge in [-0.05, 0) is 38.0 Å². The number of carbonyl (C=O) groups excluding carboxylic acids is 3. The number of ketones is 1. The van der Waals surface area contributed by atoms with Crippen LogP contribution in [0.1, 0.15) is 44.6 Å². The molecule has 0 aliphatic rings. The Hall–Kier alpha value is -3.00. The monoisotopic (exact) mass is 387 g/mol. The van der Waals surface area contributed by atoms with Crippen LogP contribution in [0.4, 0.5) is 0 Å². The summed E-state index contributed by atoms with van der Waals surface area (Å²) in [5.74, 6) is -1.09. The van der Waals surface area contributed by atoms with Crippen LogP contribution in [-0.2, 0) is 20.8 Å². The van der Waals surface area contributed by atoms with Crippen molar-refractivity contribution in [3.8, 4) is 0 Å². The van der Waals surface area contributed by atoms with Gasteiger partial charge in [-0.15, -0.1) is 0 Å². The van der Waals surface area contributed by atoms with Gasteiger partial charge in [-0.1, -0.05) is 6.07 Å². The Morgan fingerprint density at radius 3 is 2.61 bits per heavy atom. The molecule has 1 amide bonds. The number of carbonyl (C=O) groups is 3. The van der Waals surface area contributed by atoms with Gasteiger partial charge in [0.05, 0.1) is 13.2 Å². The van der Waals surface area contributed by atoms with Crippen molar-refractivity contribution in [3.05, 3.63) is 52.6 Å². The molecule has 2 aromatic rings. The second-order valence-corrected chi connectivity index (χ2v) is 6.31. The van der Waals surface area contributed by atoms with Crippen LogP contribution in [0.2, 0.25) is 0 Å². The molecule has 8 nitrogen and oxygen atoms in total. The third-order valence-corrected chi connectivity index (χ3v) is 4.25. The van der Waals surface area contributed by atoms with Crippen LogP contribution in [0.25, 0.3) is 0 Å². The van der Waals surface area contributed by atoms with Crippen LogP contribution in [0, 0.1) is 13.8 Å². The summed E-state index contributed by atoms with van der Waals surface area (Å²) in [5, 5.41) is 0. The lowest BCUT2D eigenvalue weighted by atomic mass is 10.0. The molecule has 0 fully saturated rings. The van der Waals surface area contributed by atoms with Crippen molar-refractivity contribution in [2.24, 2.45) is 0 Å². The topological polar surface area (TPSA) is 102 Å². The van der Waals surface area contributed by atoms with Gasteiger partial charge in [0.2, 0.25) is 5.91 Å². The van der Waals surface area contributed by atoms with Gasteiger partial charge < -0.3 is 19.4 Å². The zero-order chi connectivity index (χ0) is 20.7. The van der Waals surface area contributed by atoms with Gasteiger partial charge in [-0.25, -0.2) is 4.79 Å². The number of pyridine rings is 1. The number of aromatic amines is 1. The summed E-state index contributed by atoms with van der Waals surface area (Å²) >= 11 is 0. The Labute approximate surface area is 163 Å². The number of nitrogens with one attached hydrogen (secondary N) is 1. The minimum Gasteiger partial charge on any atom is -0.461 e. The lowest BCUT2D eigenvalue weighted by Crippen LogP contribution is -2.37. The Morgan fingerprint density at radius 1 is 1.25 bits per heavy atom. The summed E-state index contributed by atoms with van der Waals surface area (Å²) in [6, 6.07) is 3.60. The quantitative estimate of drug-likeness (QED) is 0.522. The van der Waals surface area contributed by atoms with Crippen molar-refractivity contribution >= 4 is 17.7 Å². The standard InChI is InChI=1S/C20H25N3O5/c1-5-28-20(26)19-13(2)18(14(3)22-19)16(24)11-23(17(25)12-27-4)10-15-7-6-8-21-9-15/h6-9,22H,5,10-12H2,1-4H3. The van der Waals surface area contributed by atoms with Crippen molar-refractivity contribution in [3.63, 3.8) is 0 Å². The maximum Gasteiger partial charge on any atom is 0.355 e. The van der Waals surface area contributed by atoms with E-state index in [1.165, 1.54) is 12.0 Å². The number of rotatable bonds is 9. The van der Waals surface area contributed by atoms with E-state index in [0.717, 1.165) is 5.56 Å². The smallest absolute Gasteiger partial charge is 0.355 e. The normalized spacial score (nSPS) is 10.6. The van der Waals surface area contributed by atoms with Crippen molar-refractivity contribution in [2.45, 2.75) is 27.3 Å². The largest absolute Gasteiger partial charge is 0.461 e. The van der Waals surface area contributed by atoms with Crippen LogP contribution in [0.15, 0.2) is 24.5 Å². The number of aromatic nitrogens is 2. The fourth-order valence-electron chi connectivity index (χ4n) is 2.99. The first-order valence-corrected chi connectivity index (χ1v) is 8.94. The Morgan fingerprint density at radius 2 is 2.00 bits per heavy atom. The summed E-state index contributed by atoms with van der Waals surface area (Å²) in [6.07, 6.45) is 3.28. The molecule has 0 radical (unpaired) electrons. The molecule has 2 rings (SSSR count). The van der Waals surface area contributed by atoms with Crippen molar-refractivity contribution in [2.75, 3.05) is 26.9 Å². The first kappa shape index (κ1) is 21.3. The lowest BCUT2D eigenvalue weighted by Gasteiger charge is -2.22. The second-order valence-electron chi connectivity index (χ2n) is 6.31. The molecule has 0 saturated carbocycles. The minimum absolute atomic E-state index is 0.132. The van der Waals surface area contributed by atoms with Gasteiger partial charge in [0.15, 0.2) is 5.78 Å². The molecule has 0 aliphatic carbocycles. The molecule has 2 heterocycles. The van der Waals surface area contributed by atoms with Crippen LogP contribution in [0.5, 0.6) is 0 Å². The highest BCUT2D eigenvalue weighted by molar-refractivity contribution is 6.04. The molecule has 150 valence electrons. The molecule has 1 N–H and O–H groups in total. The van der Waals surface area contributed by atoms with Gasteiger partial charge in [-0.2, -0.15) is 0 Å². The number of nitrogens with zero attached hydrogens (tertiary/aromatic N) is 2. The summed E-state index contributed by atoms with van der Waals surface area (Å²) < 4.78 is 9.95. The number of Topliss-reactive ketones (excluding diaryl/α,β-unsaturated/α-hetero) is 1. The molecule has 0 unspecified atom stereocenters. The summed E-state index contributed by atoms with van der Waals surface area (Å²) in [7, 11) is 1.42. The van der Waals surface area contributed by atoms with Crippen LogP contribution in [0.3, 0.4) is 0 Å². The number of hydrogen-bond acceptors (Lipinski definition) is 6. The summed E-state index contributed by atoms with van der Waals surface area (Å²) in [6.45, 7) is 5.31. The molecule has 0 bridgehead atoms. The lowest BCUT2D eigenvalue weighted by molar-refractivity contribution is -0.135. The number of hydrogen-bond donors (Lipinski definition) is 1. The van der Waals surface area contributed by atoms with Gasteiger partial charge in [0.1, 0.15) is 12.3 Å². The summed E-state index contributed by atoms with van der Waals surface area (Å²) in [5.41, 5.74) is 2.52. The summed E-state index contributed by atoms with van der Waals surface area (Å²) in [4.78, 5) is 45.8. The fraction of sp³-hybridized carbons (Fsp3) is 0.400. The Bertz CT molecular complexity index is 845. The number of aryl methyl sites for hydroxylation is 1. The maximum atomic E-state index is 13.0. The highest BCUT2D eigenvalue weighted by atomic mass is 16.5. The molecule has 0 atom stereocenters. The molecule has 0 spiro atoms. The van der Waals surface area contributed by atoms with E-state index in [2.05, 4.69) is 9.97 Å². The van der Waals surface area contributed by atoms with Crippen molar-refractivity contribution in [1.82, 2.24) is 14.9 Å². The maximum absolute atomic E-state index is 13.0. The molecule has 0 saturated heterocycles. The molecule has 0 aromatic carbocycles. The van der Waals surface area contributed by atoms with E-state index in [0.29, 0.717) is 16.8 Å². The predicted octanol–water partition coefficient (Wildman–Crippen LogP) is 2.06. The van der Waals surface area contributed by atoms with E-state index in [4.69, 9.17) is 9.47 Å². The van der Waals surface area contributed by atoms with E-state index < -0.39 is 5.97 Å². The van der Waals surface area contributed by atoms with E-state index in [1.807, 2.05) is 6.07 Å². The third-order valence-electron chi connectivity index (χ3n) is 4.25. The first-order chi connectivity index (χ1) is 13.4. The number of methoxy groups -OCH3 is 1. The number of H-pyrrole nitrogens is 1. The Balaban J connectivity index is 2.25.